The fourth-order valence-corrected chi connectivity index (χ4v) is 2.60. The fourth-order valence-electron chi connectivity index (χ4n) is 2.24. The molecule has 0 spiro atoms. The minimum Gasteiger partial charge on any atom is -0.484 e. The van der Waals surface area contributed by atoms with Gasteiger partial charge in [0.05, 0.1) is 10.7 Å². The zero-order chi connectivity index (χ0) is 17.7. The van der Waals surface area contributed by atoms with Gasteiger partial charge in [0.15, 0.2) is 6.61 Å². The van der Waals surface area contributed by atoms with E-state index in [0.29, 0.717) is 22.1 Å². The van der Waals surface area contributed by atoms with E-state index in [-0.39, 0.29) is 18.4 Å². The maximum atomic E-state index is 12.0. The number of amides is 2. The normalized spacial score (nSPS) is 10.2. The van der Waals surface area contributed by atoms with Crippen LogP contribution in [0.3, 0.4) is 0 Å². The van der Waals surface area contributed by atoms with Gasteiger partial charge in [-0.3, -0.25) is 9.59 Å². The zero-order valence-corrected chi connectivity index (χ0v) is 14.5. The molecule has 5 nitrogen and oxygen atoms in total. The van der Waals surface area contributed by atoms with Gasteiger partial charge in [-0.25, -0.2) is 0 Å². The molecule has 2 aromatic carbocycles. The predicted octanol–water partition coefficient (Wildman–Crippen LogP) is 3.93. The van der Waals surface area contributed by atoms with Crippen molar-refractivity contribution in [2.75, 3.05) is 17.2 Å². The highest BCUT2D eigenvalue weighted by atomic mass is 35.5. The van der Waals surface area contributed by atoms with Crippen LogP contribution in [0.15, 0.2) is 36.4 Å². The molecule has 0 unspecified atom stereocenters. The van der Waals surface area contributed by atoms with Gasteiger partial charge in [-0.2, -0.15) is 0 Å². The maximum absolute atomic E-state index is 12.0. The average Bonchev–Trinajstić information content (AvgIpc) is 2.49. The lowest BCUT2D eigenvalue weighted by Gasteiger charge is -2.12. The molecule has 126 valence electrons. The number of halogens is 1. The predicted molar refractivity (Wildman–Crippen MR) is 95.8 cm³/mol. The first-order valence-electron chi connectivity index (χ1n) is 7.42. The number of carbonyl (C=O) groups excluding carboxylic acids is 2. The van der Waals surface area contributed by atoms with E-state index in [0.717, 1.165) is 11.1 Å². The molecule has 0 fully saturated rings. The number of rotatable bonds is 5. The first-order valence-corrected chi connectivity index (χ1v) is 7.80. The number of ether oxygens (including phenoxy) is 1. The fraction of sp³-hybridized carbons (Fsp3) is 0.222. The second-order valence-corrected chi connectivity index (χ2v) is 5.89. The van der Waals surface area contributed by atoms with Crippen molar-refractivity contribution in [3.05, 3.63) is 52.5 Å². The van der Waals surface area contributed by atoms with Crippen LogP contribution < -0.4 is 15.4 Å². The summed E-state index contributed by atoms with van der Waals surface area (Å²) in [6.07, 6.45) is 0. The smallest absolute Gasteiger partial charge is 0.262 e. The third-order valence-corrected chi connectivity index (χ3v) is 3.54. The topological polar surface area (TPSA) is 67.4 Å². The van der Waals surface area contributed by atoms with E-state index in [1.807, 2.05) is 19.9 Å². The van der Waals surface area contributed by atoms with Gasteiger partial charge in [0.25, 0.3) is 5.91 Å². The lowest BCUT2D eigenvalue weighted by molar-refractivity contribution is -0.118. The highest BCUT2D eigenvalue weighted by Gasteiger charge is 2.10. The molecule has 0 radical (unpaired) electrons. The Morgan fingerprint density at radius 1 is 1.08 bits per heavy atom. The monoisotopic (exact) mass is 346 g/mol. The van der Waals surface area contributed by atoms with Gasteiger partial charge >= 0.3 is 0 Å². The SMILES string of the molecule is CC(=O)Nc1ccc(OCC(=O)Nc2c(C)cc(C)cc2Cl)cc1. The number of anilines is 2. The van der Waals surface area contributed by atoms with Gasteiger partial charge in [-0.15, -0.1) is 0 Å². The van der Waals surface area contributed by atoms with Gasteiger partial charge in [0.2, 0.25) is 5.91 Å². The Hall–Kier alpha value is -2.53. The van der Waals surface area contributed by atoms with Crippen LogP contribution >= 0.6 is 11.6 Å². The molecule has 0 aromatic heterocycles. The molecule has 0 aliphatic heterocycles. The lowest BCUT2D eigenvalue weighted by Crippen LogP contribution is -2.21. The van der Waals surface area contributed by atoms with Crippen molar-refractivity contribution in [3.8, 4) is 5.75 Å². The highest BCUT2D eigenvalue weighted by Crippen LogP contribution is 2.27. The number of benzene rings is 2. The van der Waals surface area contributed by atoms with E-state index in [9.17, 15) is 9.59 Å². The first-order chi connectivity index (χ1) is 11.3. The average molecular weight is 347 g/mol. The summed E-state index contributed by atoms with van der Waals surface area (Å²) in [5.74, 6) is 0.0918. The van der Waals surface area contributed by atoms with E-state index in [1.54, 1.807) is 30.3 Å². The molecule has 0 saturated heterocycles. The Balaban J connectivity index is 1.93. The van der Waals surface area contributed by atoms with E-state index >= 15 is 0 Å². The van der Waals surface area contributed by atoms with Crippen molar-refractivity contribution in [3.63, 3.8) is 0 Å². The van der Waals surface area contributed by atoms with Crippen LogP contribution in [-0.4, -0.2) is 18.4 Å². The second-order valence-electron chi connectivity index (χ2n) is 5.48. The Bertz CT molecular complexity index is 734. The number of aryl methyl sites for hydroxylation is 2. The number of nitrogens with one attached hydrogen (secondary N) is 2. The third kappa shape index (κ3) is 4.99. The molecule has 2 rings (SSSR count). The van der Waals surface area contributed by atoms with Crippen LogP contribution in [0.4, 0.5) is 11.4 Å². The maximum Gasteiger partial charge on any atom is 0.262 e. The molecule has 0 bridgehead atoms. The largest absolute Gasteiger partial charge is 0.484 e. The minimum absolute atomic E-state index is 0.136. The molecule has 0 heterocycles. The molecule has 6 heteroatoms. The van der Waals surface area contributed by atoms with E-state index in [4.69, 9.17) is 16.3 Å². The van der Waals surface area contributed by atoms with Crippen LogP contribution in [0.2, 0.25) is 5.02 Å². The summed E-state index contributed by atoms with van der Waals surface area (Å²) in [5, 5.41) is 5.92. The molecule has 2 N–H and O–H groups in total. The van der Waals surface area contributed by atoms with Crippen LogP contribution in [0, 0.1) is 13.8 Å². The first kappa shape index (κ1) is 17.8. The highest BCUT2D eigenvalue weighted by molar-refractivity contribution is 6.34. The van der Waals surface area contributed by atoms with Crippen molar-refractivity contribution in [1.29, 1.82) is 0 Å². The Kier molecular flexibility index (Phi) is 5.82. The molecule has 2 aromatic rings. The van der Waals surface area contributed by atoms with Crippen molar-refractivity contribution in [2.45, 2.75) is 20.8 Å². The summed E-state index contributed by atoms with van der Waals surface area (Å²) in [7, 11) is 0. The standard InChI is InChI=1S/C18H19ClN2O3/c1-11-8-12(2)18(16(19)9-11)21-17(23)10-24-15-6-4-14(5-7-15)20-13(3)22/h4-9H,10H2,1-3H3,(H,20,22)(H,21,23). The minimum atomic E-state index is -0.296. The van der Waals surface area contributed by atoms with Crippen LogP contribution in [0.25, 0.3) is 0 Å². The molecular weight excluding hydrogens is 328 g/mol. The summed E-state index contributed by atoms with van der Waals surface area (Å²) in [6, 6.07) is 10.5. The van der Waals surface area contributed by atoms with Gasteiger partial charge in [0, 0.05) is 12.6 Å². The third-order valence-electron chi connectivity index (χ3n) is 3.24. The van der Waals surface area contributed by atoms with Crippen molar-refractivity contribution in [1.82, 2.24) is 0 Å². The molecule has 2 amide bonds. The van der Waals surface area contributed by atoms with Crippen LogP contribution in [-0.2, 0) is 9.59 Å². The summed E-state index contributed by atoms with van der Waals surface area (Å²) in [5.41, 5.74) is 3.19. The van der Waals surface area contributed by atoms with Gasteiger partial charge < -0.3 is 15.4 Å². The Morgan fingerprint density at radius 3 is 2.33 bits per heavy atom. The summed E-state index contributed by atoms with van der Waals surface area (Å²) in [6.45, 7) is 5.13. The summed E-state index contributed by atoms with van der Waals surface area (Å²) < 4.78 is 5.44. The van der Waals surface area contributed by atoms with Gasteiger partial charge in [-0.05, 0) is 55.3 Å². The van der Waals surface area contributed by atoms with E-state index in [2.05, 4.69) is 10.6 Å². The molecule has 24 heavy (non-hydrogen) atoms. The lowest BCUT2D eigenvalue weighted by atomic mass is 10.1. The van der Waals surface area contributed by atoms with Crippen molar-refractivity contribution < 1.29 is 14.3 Å². The summed E-state index contributed by atoms with van der Waals surface area (Å²) in [4.78, 5) is 23.0. The van der Waals surface area contributed by atoms with Crippen molar-refractivity contribution >= 4 is 34.8 Å². The number of hydrogen-bond acceptors (Lipinski definition) is 3. The van der Waals surface area contributed by atoms with E-state index in [1.165, 1.54) is 6.92 Å². The summed E-state index contributed by atoms with van der Waals surface area (Å²) >= 11 is 6.16. The quantitative estimate of drug-likeness (QED) is 0.861. The van der Waals surface area contributed by atoms with Gasteiger partial charge in [0.1, 0.15) is 5.75 Å². The second kappa shape index (κ2) is 7.84. The van der Waals surface area contributed by atoms with Crippen LogP contribution in [0.5, 0.6) is 5.75 Å². The molecular formula is C18H19ClN2O3. The molecule has 0 saturated carbocycles. The number of hydrogen-bond donors (Lipinski definition) is 2. The Labute approximate surface area is 146 Å². The van der Waals surface area contributed by atoms with Crippen molar-refractivity contribution in [2.24, 2.45) is 0 Å². The molecule has 0 aliphatic rings. The Morgan fingerprint density at radius 2 is 1.75 bits per heavy atom. The van der Waals surface area contributed by atoms with Crippen LogP contribution in [0.1, 0.15) is 18.1 Å². The number of carbonyl (C=O) groups is 2. The van der Waals surface area contributed by atoms with E-state index < -0.39 is 0 Å². The molecule has 0 aliphatic carbocycles. The molecule has 0 atom stereocenters. The zero-order valence-electron chi connectivity index (χ0n) is 13.8. The van der Waals surface area contributed by atoms with Gasteiger partial charge in [-0.1, -0.05) is 17.7 Å².